The largest absolute Gasteiger partial charge is 0.512 e. The SMILES string of the molecule is C\C(O)=C(O)/C(O)=C(O)\C(=C(/C)O)c1c(C)cccccc(-c2ccc(C)cc2)c2ccccc12. The van der Waals surface area contributed by atoms with E-state index in [-0.39, 0.29) is 11.3 Å². The number of allylic oxidation sites excluding steroid dienone is 3. The van der Waals surface area contributed by atoms with E-state index in [0.717, 1.165) is 22.1 Å². The Balaban J connectivity index is 2.57. The summed E-state index contributed by atoms with van der Waals surface area (Å²) in [6.45, 7) is 6.40. The van der Waals surface area contributed by atoms with Crippen molar-refractivity contribution in [1.82, 2.24) is 0 Å². The van der Waals surface area contributed by atoms with E-state index in [4.69, 9.17) is 0 Å². The van der Waals surface area contributed by atoms with Crippen LogP contribution in [0.15, 0.2) is 108 Å². The maximum absolute atomic E-state index is 11.0. The summed E-state index contributed by atoms with van der Waals surface area (Å²) in [5, 5.41) is 53.4. The highest BCUT2D eigenvalue weighted by molar-refractivity contribution is 6.03. The minimum Gasteiger partial charge on any atom is -0.512 e. The lowest BCUT2D eigenvalue weighted by atomic mass is 9.91. The van der Waals surface area contributed by atoms with Crippen LogP contribution in [-0.4, -0.2) is 25.5 Å². The van der Waals surface area contributed by atoms with Gasteiger partial charge in [-0.2, -0.15) is 0 Å². The second kappa shape index (κ2) is 10.7. The maximum Gasteiger partial charge on any atom is 0.204 e. The molecule has 35 heavy (non-hydrogen) atoms. The van der Waals surface area contributed by atoms with Crippen molar-refractivity contribution in [3.63, 3.8) is 0 Å². The summed E-state index contributed by atoms with van der Waals surface area (Å²) in [4.78, 5) is 0. The molecule has 0 aliphatic carbocycles. The molecule has 0 fully saturated rings. The third-order valence-corrected chi connectivity index (χ3v) is 5.71. The van der Waals surface area contributed by atoms with Crippen LogP contribution < -0.4 is 0 Å². The molecule has 0 unspecified atom stereocenters. The van der Waals surface area contributed by atoms with Crippen LogP contribution in [0.4, 0.5) is 0 Å². The highest BCUT2D eigenvalue weighted by Crippen LogP contribution is 2.36. The molecular weight excluding hydrogens is 440 g/mol. The average Bonchev–Trinajstić information content (AvgIpc) is 2.83. The number of benzene rings is 2. The fourth-order valence-electron chi connectivity index (χ4n) is 3.93. The topological polar surface area (TPSA) is 101 Å². The zero-order valence-corrected chi connectivity index (χ0v) is 20.2. The molecule has 3 aromatic carbocycles. The Morgan fingerprint density at radius 1 is 0.543 bits per heavy atom. The van der Waals surface area contributed by atoms with Crippen LogP contribution in [0.25, 0.3) is 27.5 Å². The number of fused-ring (bicyclic) bond motifs is 1. The molecule has 0 saturated heterocycles. The number of rotatable bonds is 4. The molecule has 5 nitrogen and oxygen atoms in total. The first-order chi connectivity index (χ1) is 16.6. The van der Waals surface area contributed by atoms with Crippen LogP contribution in [-0.2, 0) is 0 Å². The fraction of sp³-hybridized carbons (Fsp3) is 0.133. The second-order valence-electron chi connectivity index (χ2n) is 8.39. The molecule has 180 valence electrons. The van der Waals surface area contributed by atoms with Crippen LogP contribution in [0.5, 0.6) is 0 Å². The zero-order chi connectivity index (χ0) is 25.7. The summed E-state index contributed by atoms with van der Waals surface area (Å²) in [7, 11) is 0. The zero-order valence-electron chi connectivity index (χ0n) is 20.2. The molecule has 0 radical (unpaired) electrons. The molecular formula is C30H30O5. The Bertz CT molecular complexity index is 1400. The van der Waals surface area contributed by atoms with Gasteiger partial charge in [-0.1, -0.05) is 84.4 Å². The fourth-order valence-corrected chi connectivity index (χ4v) is 3.93. The molecule has 0 amide bonds. The van der Waals surface area contributed by atoms with Crippen molar-refractivity contribution in [2.45, 2.75) is 27.7 Å². The number of hydrogen-bond donors (Lipinski definition) is 5. The van der Waals surface area contributed by atoms with Gasteiger partial charge >= 0.3 is 0 Å². The summed E-state index contributed by atoms with van der Waals surface area (Å²) in [6.07, 6.45) is 0. The lowest BCUT2D eigenvalue weighted by Crippen LogP contribution is -2.03. The third-order valence-electron chi connectivity index (χ3n) is 5.71. The smallest absolute Gasteiger partial charge is 0.204 e. The standard InChI is InChI=1S/C30H30O5/c1-18-14-16-22(17-15-18)23-11-7-5-6-10-19(2)26(25-13-9-8-12-24(23)25)27(20(3)31)29(34)30(35)28(33)21(4)32/h5-17,31-35H,1-4H3/b6-5?,7-5?,10-6?,11-7?,19-10?,23-11?,24-23?,26-19?,26-25?,27-20+,28-21-,30-29-. The molecule has 0 spiro atoms. The van der Waals surface area contributed by atoms with Crippen molar-refractivity contribution in [3.05, 3.63) is 124 Å². The summed E-state index contributed by atoms with van der Waals surface area (Å²) >= 11 is 0. The van der Waals surface area contributed by atoms with E-state index in [1.54, 1.807) is 0 Å². The lowest BCUT2D eigenvalue weighted by molar-refractivity contribution is 0.264. The van der Waals surface area contributed by atoms with Gasteiger partial charge in [-0.25, -0.2) is 0 Å². The number of aliphatic hydroxyl groups is 5. The quantitative estimate of drug-likeness (QED) is 0.195. The van der Waals surface area contributed by atoms with Crippen molar-refractivity contribution in [2.75, 3.05) is 0 Å². The third kappa shape index (κ3) is 5.41. The molecule has 0 heterocycles. The molecule has 5 N–H and O–H groups in total. The van der Waals surface area contributed by atoms with E-state index in [0.29, 0.717) is 16.5 Å². The van der Waals surface area contributed by atoms with Gasteiger partial charge in [0.2, 0.25) is 5.76 Å². The van der Waals surface area contributed by atoms with Crippen LogP contribution in [0.2, 0.25) is 0 Å². The Kier molecular flexibility index (Phi) is 7.72. The normalized spacial score (nSPS) is 13.4. The summed E-state index contributed by atoms with van der Waals surface area (Å²) < 4.78 is 0. The average molecular weight is 471 g/mol. The van der Waals surface area contributed by atoms with Crippen molar-refractivity contribution in [3.8, 4) is 11.1 Å². The monoisotopic (exact) mass is 470 g/mol. The van der Waals surface area contributed by atoms with E-state index in [2.05, 4.69) is 0 Å². The minimum atomic E-state index is -0.943. The van der Waals surface area contributed by atoms with E-state index in [1.807, 2.05) is 92.7 Å². The van der Waals surface area contributed by atoms with Crippen molar-refractivity contribution >= 4 is 16.3 Å². The van der Waals surface area contributed by atoms with Gasteiger partial charge in [0.25, 0.3) is 0 Å². The van der Waals surface area contributed by atoms with Gasteiger partial charge in [0, 0.05) is 0 Å². The van der Waals surface area contributed by atoms with Crippen LogP contribution in [0, 0.1) is 13.8 Å². The molecule has 0 saturated carbocycles. The van der Waals surface area contributed by atoms with Crippen molar-refractivity contribution < 1.29 is 25.5 Å². The Morgan fingerprint density at radius 2 is 1.11 bits per heavy atom. The highest BCUT2D eigenvalue weighted by Gasteiger charge is 2.22. The van der Waals surface area contributed by atoms with Gasteiger partial charge in [0.15, 0.2) is 11.5 Å². The predicted octanol–water partition coefficient (Wildman–Crippen LogP) is 8.21. The van der Waals surface area contributed by atoms with Gasteiger partial charge in [-0.15, -0.1) is 0 Å². The Hall–Kier alpha value is -4.38. The van der Waals surface area contributed by atoms with Crippen molar-refractivity contribution in [2.24, 2.45) is 0 Å². The summed E-state index contributed by atoms with van der Waals surface area (Å²) in [6, 6.07) is 25.2. The maximum atomic E-state index is 11.0. The molecule has 0 bridgehead atoms. The van der Waals surface area contributed by atoms with Crippen molar-refractivity contribution in [1.29, 1.82) is 0 Å². The van der Waals surface area contributed by atoms with Crippen LogP contribution >= 0.6 is 0 Å². The lowest BCUT2D eigenvalue weighted by Gasteiger charge is -2.16. The van der Waals surface area contributed by atoms with Crippen LogP contribution in [0.3, 0.4) is 0 Å². The van der Waals surface area contributed by atoms with Gasteiger partial charge in [0.05, 0.1) is 5.57 Å². The first-order valence-electron chi connectivity index (χ1n) is 11.2. The number of aliphatic hydroxyl groups excluding tert-OH is 5. The molecule has 3 rings (SSSR count). The number of hydrogen-bond acceptors (Lipinski definition) is 5. The van der Waals surface area contributed by atoms with Gasteiger partial charge in [-0.05, 0) is 60.7 Å². The molecule has 0 aliphatic rings. The molecule has 0 atom stereocenters. The van der Waals surface area contributed by atoms with Gasteiger partial charge < -0.3 is 25.5 Å². The predicted molar refractivity (Wildman–Crippen MR) is 142 cm³/mol. The van der Waals surface area contributed by atoms with E-state index in [1.165, 1.54) is 13.8 Å². The number of aryl methyl sites for hydroxylation is 2. The molecule has 0 aromatic heterocycles. The van der Waals surface area contributed by atoms with E-state index in [9.17, 15) is 25.5 Å². The Morgan fingerprint density at radius 3 is 1.71 bits per heavy atom. The molecule has 0 aliphatic heterocycles. The van der Waals surface area contributed by atoms with Crippen LogP contribution in [0.1, 0.15) is 30.5 Å². The van der Waals surface area contributed by atoms with E-state index >= 15 is 0 Å². The summed E-state index contributed by atoms with van der Waals surface area (Å²) in [5.41, 5.74) is 4.12. The summed E-state index contributed by atoms with van der Waals surface area (Å²) in [5.74, 6) is -3.44. The first kappa shape index (κ1) is 25.2. The second-order valence-corrected chi connectivity index (χ2v) is 8.39. The molecule has 5 heteroatoms. The minimum absolute atomic E-state index is 0.0716. The molecule has 3 aromatic rings. The van der Waals surface area contributed by atoms with Gasteiger partial charge in [-0.3, -0.25) is 0 Å². The highest BCUT2D eigenvalue weighted by atomic mass is 16.3. The first-order valence-corrected chi connectivity index (χ1v) is 11.2. The Labute approximate surface area is 205 Å². The van der Waals surface area contributed by atoms with E-state index < -0.39 is 23.0 Å². The van der Waals surface area contributed by atoms with Gasteiger partial charge in [0.1, 0.15) is 11.5 Å².